The molecular formula is C46H40O. The Balaban J connectivity index is 1.67. The van der Waals surface area contributed by atoms with Gasteiger partial charge in [-0.15, -0.1) is 0 Å². The number of hydrogen-bond acceptors (Lipinski definition) is 1. The summed E-state index contributed by atoms with van der Waals surface area (Å²) >= 11 is 0. The van der Waals surface area contributed by atoms with Crippen molar-refractivity contribution in [3.8, 4) is 33.4 Å². The van der Waals surface area contributed by atoms with Gasteiger partial charge in [0.25, 0.3) is 0 Å². The lowest BCUT2D eigenvalue weighted by molar-refractivity contribution is 0.669. The largest absolute Gasteiger partial charge is 0.456 e. The van der Waals surface area contributed by atoms with Gasteiger partial charge in [-0.2, -0.15) is 0 Å². The van der Waals surface area contributed by atoms with Crippen LogP contribution in [0.1, 0.15) is 44.5 Å². The third kappa shape index (κ3) is 4.16. The highest BCUT2D eigenvalue weighted by atomic mass is 16.3. The van der Waals surface area contributed by atoms with E-state index >= 15 is 0 Å². The lowest BCUT2D eigenvalue weighted by Crippen LogP contribution is -2.04. The van der Waals surface area contributed by atoms with Gasteiger partial charge < -0.3 is 4.42 Å². The van der Waals surface area contributed by atoms with Crippen LogP contribution in [0.25, 0.3) is 76.9 Å². The van der Waals surface area contributed by atoms with Gasteiger partial charge in [0.2, 0.25) is 0 Å². The standard InChI is InChI=1S/C46H40O/c1-25-27(3)31(7)42-40(29(25)5)44(35-19-14-18-34(24-35)33-16-10-9-11-17-33)41-30(6)26(2)28(4)32(8)43(41)46(42)37-21-15-23-39-45(37)36-20-12-13-22-38(36)47-39/h9-24H,1-8H3. The Bertz CT molecular complexity index is 2500. The number of hydrogen-bond donors (Lipinski definition) is 0. The van der Waals surface area contributed by atoms with Crippen LogP contribution in [-0.2, 0) is 0 Å². The van der Waals surface area contributed by atoms with Crippen molar-refractivity contribution in [2.45, 2.75) is 55.4 Å². The van der Waals surface area contributed by atoms with E-state index in [0.717, 1.165) is 16.6 Å². The molecule has 0 N–H and O–H groups in total. The van der Waals surface area contributed by atoms with Crippen molar-refractivity contribution in [2.75, 3.05) is 0 Å². The van der Waals surface area contributed by atoms with Crippen LogP contribution in [0.4, 0.5) is 0 Å². The highest BCUT2D eigenvalue weighted by Crippen LogP contribution is 2.52. The number of benzene rings is 7. The summed E-state index contributed by atoms with van der Waals surface area (Å²) in [4.78, 5) is 0. The molecule has 0 aliphatic carbocycles. The van der Waals surface area contributed by atoms with Crippen molar-refractivity contribution in [2.24, 2.45) is 0 Å². The van der Waals surface area contributed by atoms with E-state index in [-0.39, 0.29) is 0 Å². The van der Waals surface area contributed by atoms with Crippen molar-refractivity contribution in [1.29, 1.82) is 0 Å². The Morgan fingerprint density at radius 2 is 0.809 bits per heavy atom. The summed E-state index contributed by atoms with van der Waals surface area (Å²) in [6, 6.07) is 35.0. The molecule has 0 atom stereocenters. The Labute approximate surface area is 277 Å². The molecule has 0 bridgehead atoms. The summed E-state index contributed by atoms with van der Waals surface area (Å²) in [5.74, 6) is 0. The normalized spacial score (nSPS) is 11.8. The topological polar surface area (TPSA) is 13.1 Å². The minimum absolute atomic E-state index is 0.928. The zero-order chi connectivity index (χ0) is 32.7. The molecule has 47 heavy (non-hydrogen) atoms. The number of para-hydroxylation sites is 1. The molecule has 7 aromatic carbocycles. The van der Waals surface area contributed by atoms with E-state index < -0.39 is 0 Å². The first kappa shape index (κ1) is 29.3. The Morgan fingerprint density at radius 3 is 1.43 bits per heavy atom. The van der Waals surface area contributed by atoms with E-state index in [1.165, 1.54) is 105 Å². The molecular weight excluding hydrogens is 569 g/mol. The number of furan rings is 1. The average Bonchev–Trinajstić information content (AvgIpc) is 3.49. The SMILES string of the molecule is Cc1c(C)c(C)c2c(-c3cccc4oc5ccccc5c34)c3c(C)c(C)c(C)c(C)c3c(-c3cccc(-c4ccccc4)c3)c2c1C. The molecule has 0 amide bonds. The maximum Gasteiger partial charge on any atom is 0.136 e. The van der Waals surface area contributed by atoms with Gasteiger partial charge in [-0.1, -0.05) is 78.9 Å². The van der Waals surface area contributed by atoms with Gasteiger partial charge >= 0.3 is 0 Å². The van der Waals surface area contributed by atoms with Crippen molar-refractivity contribution < 1.29 is 4.42 Å². The summed E-state index contributed by atoms with van der Waals surface area (Å²) in [6.45, 7) is 18.5. The second-order valence-corrected chi connectivity index (χ2v) is 13.5. The summed E-state index contributed by atoms with van der Waals surface area (Å²) < 4.78 is 6.48. The molecule has 8 rings (SSSR count). The summed E-state index contributed by atoms with van der Waals surface area (Å²) in [5, 5.41) is 7.76. The molecule has 8 aromatic rings. The van der Waals surface area contributed by atoms with Crippen molar-refractivity contribution >= 4 is 43.5 Å². The average molecular weight is 609 g/mol. The Hall–Kier alpha value is -5.14. The third-order valence-electron chi connectivity index (χ3n) is 11.3. The molecule has 230 valence electrons. The van der Waals surface area contributed by atoms with Crippen LogP contribution in [0.3, 0.4) is 0 Å². The quantitative estimate of drug-likeness (QED) is 0.182. The van der Waals surface area contributed by atoms with Crippen LogP contribution in [-0.4, -0.2) is 0 Å². The van der Waals surface area contributed by atoms with Crippen LogP contribution < -0.4 is 0 Å². The van der Waals surface area contributed by atoms with Crippen LogP contribution >= 0.6 is 0 Å². The Kier molecular flexibility index (Phi) is 6.67. The predicted molar refractivity (Wildman–Crippen MR) is 203 cm³/mol. The summed E-state index contributed by atoms with van der Waals surface area (Å²) in [5.41, 5.74) is 20.4. The van der Waals surface area contributed by atoms with Gasteiger partial charge in [-0.05, 0) is 173 Å². The molecule has 0 aliphatic heterocycles. The maximum absolute atomic E-state index is 6.48. The highest BCUT2D eigenvalue weighted by molar-refractivity contribution is 6.28. The number of aryl methyl sites for hydroxylation is 4. The molecule has 0 saturated heterocycles. The summed E-state index contributed by atoms with van der Waals surface area (Å²) in [6.07, 6.45) is 0. The van der Waals surface area contributed by atoms with Gasteiger partial charge in [0.1, 0.15) is 11.2 Å². The van der Waals surface area contributed by atoms with Gasteiger partial charge in [0.15, 0.2) is 0 Å². The van der Waals surface area contributed by atoms with Crippen molar-refractivity contribution in [1.82, 2.24) is 0 Å². The molecule has 0 fully saturated rings. The first-order valence-electron chi connectivity index (χ1n) is 16.7. The van der Waals surface area contributed by atoms with Gasteiger partial charge in [0.05, 0.1) is 0 Å². The molecule has 0 unspecified atom stereocenters. The second-order valence-electron chi connectivity index (χ2n) is 13.5. The molecule has 0 radical (unpaired) electrons. The van der Waals surface area contributed by atoms with Crippen molar-refractivity contribution in [3.63, 3.8) is 0 Å². The highest BCUT2D eigenvalue weighted by Gasteiger charge is 2.27. The van der Waals surface area contributed by atoms with E-state index in [1.54, 1.807) is 0 Å². The van der Waals surface area contributed by atoms with E-state index in [1.807, 2.05) is 0 Å². The van der Waals surface area contributed by atoms with Crippen LogP contribution in [0, 0.1) is 55.4 Å². The summed E-state index contributed by atoms with van der Waals surface area (Å²) in [7, 11) is 0. The fourth-order valence-corrected chi connectivity index (χ4v) is 8.15. The minimum atomic E-state index is 0.928. The van der Waals surface area contributed by atoms with Crippen LogP contribution in [0.5, 0.6) is 0 Å². The fraction of sp³-hybridized carbons (Fsp3) is 0.174. The zero-order valence-corrected chi connectivity index (χ0v) is 28.6. The molecule has 1 aromatic heterocycles. The van der Waals surface area contributed by atoms with Crippen LogP contribution in [0.15, 0.2) is 101 Å². The van der Waals surface area contributed by atoms with Crippen LogP contribution in [0.2, 0.25) is 0 Å². The molecule has 0 aliphatic rings. The lowest BCUT2D eigenvalue weighted by atomic mass is 9.76. The number of rotatable bonds is 3. The lowest BCUT2D eigenvalue weighted by Gasteiger charge is -2.27. The molecule has 1 heteroatoms. The maximum atomic E-state index is 6.48. The van der Waals surface area contributed by atoms with Gasteiger partial charge in [-0.25, -0.2) is 0 Å². The minimum Gasteiger partial charge on any atom is -0.456 e. The molecule has 1 nitrogen and oxygen atoms in total. The monoisotopic (exact) mass is 608 g/mol. The first-order chi connectivity index (χ1) is 22.7. The van der Waals surface area contributed by atoms with Gasteiger partial charge in [0, 0.05) is 10.8 Å². The molecule has 0 saturated carbocycles. The molecule has 0 spiro atoms. The second kappa shape index (κ2) is 10.7. The zero-order valence-electron chi connectivity index (χ0n) is 28.6. The smallest absolute Gasteiger partial charge is 0.136 e. The predicted octanol–water partition coefficient (Wildman–Crippen LogP) is 13.4. The van der Waals surface area contributed by atoms with E-state index in [0.29, 0.717) is 0 Å². The van der Waals surface area contributed by atoms with E-state index in [4.69, 9.17) is 4.42 Å². The number of fused-ring (bicyclic) bond motifs is 5. The van der Waals surface area contributed by atoms with Crippen molar-refractivity contribution in [3.05, 3.63) is 142 Å². The Morgan fingerprint density at radius 1 is 0.340 bits per heavy atom. The first-order valence-corrected chi connectivity index (χ1v) is 16.7. The fourth-order valence-electron chi connectivity index (χ4n) is 8.15. The van der Waals surface area contributed by atoms with Gasteiger partial charge in [-0.3, -0.25) is 0 Å². The molecule has 1 heterocycles. The van der Waals surface area contributed by atoms with E-state index in [9.17, 15) is 0 Å². The third-order valence-corrected chi connectivity index (χ3v) is 11.3. The van der Waals surface area contributed by atoms with E-state index in [2.05, 4.69) is 152 Å².